The Morgan fingerprint density at radius 3 is 1.10 bits per heavy atom. The summed E-state index contributed by atoms with van der Waals surface area (Å²) >= 11 is 33.6. The summed E-state index contributed by atoms with van der Waals surface area (Å²) in [6.45, 7) is 1.97. The largest absolute Gasteiger partial charge is 0.439 e. The van der Waals surface area contributed by atoms with Gasteiger partial charge in [-0.05, 0) is 6.92 Å². The third kappa shape index (κ3) is 13.0. The van der Waals surface area contributed by atoms with E-state index in [0.29, 0.717) is 37.1 Å². The van der Waals surface area contributed by atoms with Gasteiger partial charge in [0.05, 0.1) is 0 Å². The van der Waals surface area contributed by atoms with Crippen molar-refractivity contribution in [2.24, 2.45) is 14.1 Å². The second-order valence-electron chi connectivity index (χ2n) is 11.1. The highest BCUT2D eigenvalue weighted by Crippen LogP contribution is 2.29. The zero-order valence-corrected chi connectivity index (χ0v) is 37.9. The lowest BCUT2D eigenvalue weighted by molar-refractivity contribution is 0.501. The Morgan fingerprint density at radius 2 is 0.806 bits per heavy atom. The second kappa shape index (κ2) is 21.4. The van der Waals surface area contributed by atoms with E-state index in [1.54, 1.807) is 32.9 Å². The van der Waals surface area contributed by atoms with E-state index in [2.05, 4.69) is 58.7 Å². The molecule has 0 aliphatic carbocycles. The van der Waals surface area contributed by atoms with Crippen LogP contribution in [-0.4, -0.2) is 59.0 Å². The smallest absolute Gasteiger partial charge is 0.286 e. The van der Waals surface area contributed by atoms with Crippen molar-refractivity contribution in [1.82, 2.24) is 59.0 Å². The first-order valence-corrected chi connectivity index (χ1v) is 21.6. The predicted octanol–water partition coefficient (Wildman–Crippen LogP) is 12.1. The normalized spacial score (nSPS) is 10.6. The van der Waals surface area contributed by atoms with E-state index in [9.17, 15) is 17.6 Å². The summed E-state index contributed by atoms with van der Waals surface area (Å²) in [6.07, 6.45) is 7.57. The fourth-order valence-corrected chi connectivity index (χ4v) is 8.07. The van der Waals surface area contributed by atoms with Crippen LogP contribution < -0.4 is 0 Å². The maximum absolute atomic E-state index is 12.4. The number of thiazole rings is 4. The number of hydrogen-bond donors (Lipinski definition) is 0. The van der Waals surface area contributed by atoms with E-state index in [1.807, 2.05) is 31.8 Å². The number of halogens is 9. The fourth-order valence-electron chi connectivity index (χ4n) is 4.19. The van der Waals surface area contributed by atoms with Gasteiger partial charge < -0.3 is 26.8 Å². The van der Waals surface area contributed by atoms with Gasteiger partial charge in [0, 0.05) is 53.7 Å². The number of imidazole rings is 2. The number of hydrogen-bond acceptors (Lipinski definition) is 18. The molecule has 29 heteroatoms. The molecule has 0 saturated heterocycles. The van der Waals surface area contributed by atoms with Gasteiger partial charge in [0.1, 0.15) is 40.5 Å². The highest BCUT2D eigenvalue weighted by Gasteiger charge is 2.15. The molecule has 10 rings (SSSR count). The van der Waals surface area contributed by atoms with Crippen molar-refractivity contribution in [2.75, 3.05) is 0 Å². The van der Waals surface area contributed by atoms with E-state index < -0.39 is 23.8 Å². The topological polar surface area (TPSA) is 191 Å². The van der Waals surface area contributed by atoms with Crippen molar-refractivity contribution in [2.45, 2.75) is 6.92 Å². The molecule has 0 spiro atoms. The van der Waals surface area contributed by atoms with Gasteiger partial charge in [0.15, 0.2) is 42.0 Å². The van der Waals surface area contributed by atoms with Gasteiger partial charge in [-0.2, -0.15) is 37.5 Å². The molecule has 16 nitrogen and oxygen atoms in total. The molecular weight excluding hydrogens is 1010 g/mol. The van der Waals surface area contributed by atoms with E-state index >= 15 is 0 Å². The Hall–Kier alpha value is -5.05. The van der Waals surface area contributed by atoms with Gasteiger partial charge in [-0.25, -0.2) is 29.9 Å². The lowest BCUT2D eigenvalue weighted by Gasteiger charge is -1.99. The van der Waals surface area contributed by atoms with Crippen molar-refractivity contribution in [3.8, 4) is 55.2 Å². The molecule has 0 unspecified atom stereocenters. The Morgan fingerprint density at radius 1 is 0.419 bits per heavy atom. The molecular formula is C33H19Cl5F4N12O4S4. The van der Waals surface area contributed by atoms with Crippen molar-refractivity contribution >= 4 is 103 Å². The maximum Gasteiger partial charge on any atom is 0.286 e. The van der Waals surface area contributed by atoms with Crippen LogP contribution in [0.5, 0.6) is 0 Å². The summed E-state index contributed by atoms with van der Waals surface area (Å²) in [5, 5.41) is 11.0. The highest BCUT2D eigenvalue weighted by molar-refractivity contribution is 7.20. The molecule has 10 aromatic rings. The van der Waals surface area contributed by atoms with Crippen LogP contribution in [0.15, 0.2) is 76.6 Å². The molecule has 0 atom stereocenters. The molecule has 0 aliphatic rings. The molecule has 0 saturated carbocycles. The van der Waals surface area contributed by atoms with Crippen LogP contribution in [-0.2, 0) is 14.1 Å². The molecule has 0 N–H and O–H groups in total. The molecule has 0 radical (unpaired) electrons. The predicted molar refractivity (Wildman–Crippen MR) is 225 cm³/mol. The minimum absolute atomic E-state index is 0.184. The molecule has 0 amide bonds. The Kier molecular flexibility index (Phi) is 16.0. The first kappa shape index (κ1) is 46.5. The van der Waals surface area contributed by atoms with Crippen LogP contribution in [0.3, 0.4) is 0 Å². The van der Waals surface area contributed by atoms with E-state index in [0.717, 1.165) is 50.9 Å². The second-order valence-corrected chi connectivity index (χ2v) is 16.5. The third-order valence-electron chi connectivity index (χ3n) is 6.58. The highest BCUT2D eigenvalue weighted by atomic mass is 35.5. The van der Waals surface area contributed by atoms with Crippen molar-refractivity contribution < 1.29 is 35.2 Å². The summed E-state index contributed by atoms with van der Waals surface area (Å²) in [4.78, 5) is 37.8. The monoisotopic (exact) mass is 1030 g/mol. The summed E-state index contributed by atoms with van der Waals surface area (Å²) in [5.41, 5.74) is 1.03. The average molecular weight is 1030 g/mol. The third-order valence-corrected chi connectivity index (χ3v) is 11.3. The van der Waals surface area contributed by atoms with Gasteiger partial charge >= 0.3 is 0 Å². The SMILES string of the molecule is Cc1csc(-c2nc(Cl)cs2)n1.Clc1coc(-c2nc(Cl)co2)n1.Cn1cc(Cl)nc1-c1nc(Cl)cn1C.Fc1coc(-c2nc(F)co2)n1.Fc1csc(-c2nc(F)cs2)n1. The number of aromatic nitrogens is 12. The van der Waals surface area contributed by atoms with E-state index in [4.69, 9.17) is 66.8 Å². The molecule has 62 heavy (non-hydrogen) atoms. The lowest BCUT2D eigenvalue weighted by atomic mass is 10.5. The first-order valence-electron chi connectivity index (χ1n) is 16.2. The molecule has 0 bridgehead atoms. The Bertz CT molecular complexity index is 2480. The summed E-state index contributed by atoms with van der Waals surface area (Å²) in [5.74, 6) is -1.25. The average Bonchev–Trinajstić information content (AvgIpc) is 4.05. The molecule has 0 aromatic carbocycles. The van der Waals surface area contributed by atoms with Crippen LogP contribution >= 0.6 is 103 Å². The van der Waals surface area contributed by atoms with Crippen molar-refractivity contribution in [1.29, 1.82) is 0 Å². The fraction of sp³-hybridized carbons (Fsp3) is 0.0909. The standard InChI is InChI=1S/C8H8Cl2N4.C7H5ClN2S2.C6H2Cl2N2O2.C6H2F2N2O2.C6H2F2N2S2/c1-13-3-5(9)11-7(13)8-12-6(10)4-14(8)2;1-4-2-11-6(9-4)7-10-5(8)3-12-7;3*7-3-1-11-5(9-3)6-10-4(8)2-12-6/h3-4H,1-2H3;2-3H,1H3;3*1-2H. The molecule has 0 aliphatic heterocycles. The molecule has 322 valence electrons. The van der Waals surface area contributed by atoms with Crippen LogP contribution in [0.4, 0.5) is 17.6 Å². The van der Waals surface area contributed by atoms with Gasteiger partial charge in [-0.3, -0.25) is 0 Å². The Labute approximate surface area is 385 Å². The minimum Gasteiger partial charge on any atom is -0.439 e. The zero-order chi connectivity index (χ0) is 44.5. The van der Waals surface area contributed by atoms with Crippen molar-refractivity contribution in [3.63, 3.8) is 0 Å². The van der Waals surface area contributed by atoms with E-state index in [1.165, 1.54) is 34.6 Å². The van der Waals surface area contributed by atoms with Crippen molar-refractivity contribution in [3.05, 3.63) is 114 Å². The zero-order valence-electron chi connectivity index (χ0n) is 30.8. The summed E-state index contributed by atoms with van der Waals surface area (Å²) < 4.78 is 71.8. The Balaban J connectivity index is 0.000000129. The summed E-state index contributed by atoms with van der Waals surface area (Å²) in [6, 6.07) is 0. The quantitative estimate of drug-likeness (QED) is 0.148. The lowest BCUT2D eigenvalue weighted by Crippen LogP contribution is -1.98. The van der Waals surface area contributed by atoms with E-state index in [-0.39, 0.29) is 33.9 Å². The van der Waals surface area contributed by atoms with Crippen LogP contribution in [0.1, 0.15) is 5.69 Å². The molecule has 0 fully saturated rings. The number of nitrogens with zero attached hydrogens (tertiary/aromatic N) is 12. The van der Waals surface area contributed by atoms with Gasteiger partial charge in [-0.1, -0.05) is 58.0 Å². The van der Waals surface area contributed by atoms with Gasteiger partial charge in [0.25, 0.3) is 35.5 Å². The first-order chi connectivity index (χ1) is 29.6. The number of rotatable bonds is 5. The van der Waals surface area contributed by atoms with Crippen LogP contribution in [0, 0.1) is 30.7 Å². The maximum atomic E-state index is 12.4. The van der Waals surface area contributed by atoms with Gasteiger partial charge in [-0.15, -0.1) is 45.3 Å². The van der Waals surface area contributed by atoms with Gasteiger partial charge in [0.2, 0.25) is 11.9 Å². The minimum atomic E-state index is -0.802. The van der Waals surface area contributed by atoms with Crippen LogP contribution in [0.25, 0.3) is 55.2 Å². The molecule has 10 heterocycles. The summed E-state index contributed by atoms with van der Waals surface area (Å²) in [7, 11) is 3.72. The number of aryl methyl sites for hydroxylation is 3. The molecule has 10 aromatic heterocycles. The number of oxazole rings is 4. The van der Waals surface area contributed by atoms with Crippen LogP contribution in [0.2, 0.25) is 25.8 Å².